The van der Waals surface area contributed by atoms with E-state index in [0.29, 0.717) is 11.4 Å². The van der Waals surface area contributed by atoms with E-state index in [1.165, 1.54) is 13.2 Å². The number of halogens is 4. The largest absolute Gasteiger partial charge is 0.405 e. The van der Waals surface area contributed by atoms with Crippen LogP contribution in [-0.4, -0.2) is 24.8 Å². The van der Waals surface area contributed by atoms with Gasteiger partial charge in [-0.3, -0.25) is 0 Å². The summed E-state index contributed by atoms with van der Waals surface area (Å²) < 4.78 is 37.1. The second kappa shape index (κ2) is 4.38. The minimum Gasteiger partial charge on any atom is -0.350 e. The van der Waals surface area contributed by atoms with Crippen LogP contribution in [0, 0.1) is 6.92 Å². The molecule has 84 valence electrons. The fourth-order valence-corrected chi connectivity index (χ4v) is 1.72. The molecule has 1 rings (SSSR count). The highest BCUT2D eigenvalue weighted by Crippen LogP contribution is 2.23. The van der Waals surface area contributed by atoms with Gasteiger partial charge in [-0.05, 0) is 34.5 Å². The van der Waals surface area contributed by atoms with Crippen molar-refractivity contribution in [2.45, 2.75) is 13.1 Å². The Morgan fingerprint density at radius 2 is 2.07 bits per heavy atom. The van der Waals surface area contributed by atoms with Gasteiger partial charge in [-0.15, -0.1) is 0 Å². The Morgan fingerprint density at radius 1 is 1.47 bits per heavy atom. The van der Waals surface area contributed by atoms with Crippen molar-refractivity contribution in [2.24, 2.45) is 0 Å². The zero-order valence-corrected chi connectivity index (χ0v) is 9.85. The molecule has 1 heterocycles. The van der Waals surface area contributed by atoms with Crippen molar-refractivity contribution < 1.29 is 13.2 Å². The first kappa shape index (κ1) is 12.3. The molecule has 1 aromatic heterocycles. The van der Waals surface area contributed by atoms with Crippen LogP contribution in [0.4, 0.5) is 19.0 Å². The van der Waals surface area contributed by atoms with Crippen LogP contribution in [0.3, 0.4) is 0 Å². The number of aromatic nitrogens is 1. The molecule has 0 bridgehead atoms. The topological polar surface area (TPSA) is 16.1 Å². The molecule has 0 aliphatic heterocycles. The summed E-state index contributed by atoms with van der Waals surface area (Å²) in [6.07, 6.45) is -2.73. The molecule has 0 atom stereocenters. The predicted octanol–water partition coefficient (Wildman–Crippen LogP) is 3.15. The van der Waals surface area contributed by atoms with Gasteiger partial charge in [0.2, 0.25) is 0 Å². The summed E-state index contributed by atoms with van der Waals surface area (Å²) in [6.45, 7) is 0.725. The van der Waals surface area contributed by atoms with Crippen LogP contribution >= 0.6 is 15.9 Å². The van der Waals surface area contributed by atoms with Crippen LogP contribution < -0.4 is 4.90 Å². The first-order valence-corrected chi connectivity index (χ1v) is 4.99. The van der Waals surface area contributed by atoms with Crippen LogP contribution in [0.2, 0.25) is 0 Å². The number of aryl methyl sites for hydroxylation is 1. The molecular weight excluding hydrogens is 273 g/mol. The lowest BCUT2D eigenvalue weighted by molar-refractivity contribution is -0.119. The van der Waals surface area contributed by atoms with Crippen LogP contribution in [-0.2, 0) is 0 Å². The van der Waals surface area contributed by atoms with E-state index in [2.05, 4.69) is 20.9 Å². The van der Waals surface area contributed by atoms with Crippen molar-refractivity contribution in [3.05, 3.63) is 22.3 Å². The van der Waals surface area contributed by atoms with Gasteiger partial charge in [-0.25, -0.2) is 4.98 Å². The van der Waals surface area contributed by atoms with Gasteiger partial charge < -0.3 is 4.90 Å². The van der Waals surface area contributed by atoms with Crippen molar-refractivity contribution in [1.29, 1.82) is 0 Å². The molecule has 0 spiro atoms. The van der Waals surface area contributed by atoms with Crippen molar-refractivity contribution >= 4 is 21.7 Å². The number of hydrogen-bond donors (Lipinski definition) is 0. The van der Waals surface area contributed by atoms with Crippen molar-refractivity contribution in [3.8, 4) is 0 Å². The van der Waals surface area contributed by atoms with Gasteiger partial charge in [-0.2, -0.15) is 13.2 Å². The molecule has 15 heavy (non-hydrogen) atoms. The zero-order valence-electron chi connectivity index (χ0n) is 8.27. The van der Waals surface area contributed by atoms with Gasteiger partial charge in [0, 0.05) is 17.7 Å². The van der Waals surface area contributed by atoms with Gasteiger partial charge in [0.15, 0.2) is 0 Å². The Morgan fingerprint density at radius 3 is 2.53 bits per heavy atom. The normalized spacial score (nSPS) is 11.6. The van der Waals surface area contributed by atoms with E-state index in [4.69, 9.17) is 0 Å². The number of nitrogens with zero attached hydrogens (tertiary/aromatic N) is 2. The number of hydrogen-bond acceptors (Lipinski definition) is 2. The number of rotatable bonds is 2. The monoisotopic (exact) mass is 282 g/mol. The van der Waals surface area contributed by atoms with Crippen LogP contribution in [0.1, 0.15) is 5.56 Å². The quantitative estimate of drug-likeness (QED) is 0.828. The van der Waals surface area contributed by atoms with E-state index < -0.39 is 12.7 Å². The number of alkyl halides is 3. The molecule has 6 heteroatoms. The number of anilines is 1. The zero-order chi connectivity index (χ0) is 11.6. The molecule has 2 nitrogen and oxygen atoms in total. The van der Waals surface area contributed by atoms with Crippen LogP contribution in [0.25, 0.3) is 0 Å². The molecule has 0 unspecified atom stereocenters. The highest BCUT2D eigenvalue weighted by atomic mass is 79.9. The SMILES string of the molecule is Cc1cc(Br)cnc1N(C)CC(F)(F)F. The summed E-state index contributed by atoms with van der Waals surface area (Å²) in [6, 6.07) is 1.73. The van der Waals surface area contributed by atoms with Gasteiger partial charge in [-0.1, -0.05) is 0 Å². The van der Waals surface area contributed by atoms with E-state index >= 15 is 0 Å². The summed E-state index contributed by atoms with van der Waals surface area (Å²) in [5, 5.41) is 0. The molecule has 0 aliphatic carbocycles. The lowest BCUT2D eigenvalue weighted by Crippen LogP contribution is -2.31. The Balaban J connectivity index is 2.87. The van der Waals surface area contributed by atoms with Crippen molar-refractivity contribution in [3.63, 3.8) is 0 Å². The molecule has 0 aliphatic rings. The van der Waals surface area contributed by atoms with E-state index in [-0.39, 0.29) is 0 Å². The molecule has 0 amide bonds. The predicted molar refractivity (Wildman–Crippen MR) is 56.0 cm³/mol. The number of pyridine rings is 1. The van der Waals surface area contributed by atoms with Crippen molar-refractivity contribution in [1.82, 2.24) is 4.98 Å². The lowest BCUT2D eigenvalue weighted by atomic mass is 10.3. The minimum absolute atomic E-state index is 0.343. The molecule has 0 radical (unpaired) electrons. The molecule has 1 aromatic rings. The third kappa shape index (κ3) is 3.70. The van der Waals surface area contributed by atoms with Crippen molar-refractivity contribution in [2.75, 3.05) is 18.5 Å². The molecule has 0 aromatic carbocycles. The first-order valence-electron chi connectivity index (χ1n) is 4.19. The smallest absolute Gasteiger partial charge is 0.350 e. The van der Waals surface area contributed by atoms with E-state index in [9.17, 15) is 13.2 Å². The van der Waals surface area contributed by atoms with Gasteiger partial charge in [0.1, 0.15) is 12.4 Å². The molecule has 0 fully saturated rings. The maximum atomic E-state index is 12.1. The average Bonchev–Trinajstić information content (AvgIpc) is 1.99. The van der Waals surface area contributed by atoms with E-state index in [1.54, 1.807) is 13.0 Å². The highest BCUT2D eigenvalue weighted by Gasteiger charge is 2.30. The van der Waals surface area contributed by atoms with Crippen LogP contribution in [0.5, 0.6) is 0 Å². The van der Waals surface area contributed by atoms with Crippen LogP contribution in [0.15, 0.2) is 16.7 Å². The van der Waals surface area contributed by atoms with E-state index in [1.807, 2.05) is 0 Å². The summed E-state index contributed by atoms with van der Waals surface area (Å²) in [4.78, 5) is 5.03. The fourth-order valence-electron chi connectivity index (χ4n) is 1.28. The van der Waals surface area contributed by atoms with Gasteiger partial charge in [0.05, 0.1) is 0 Å². The summed E-state index contributed by atoms with van der Waals surface area (Å²) in [5.74, 6) is 0.343. The third-order valence-electron chi connectivity index (χ3n) is 1.80. The molecule has 0 saturated carbocycles. The van der Waals surface area contributed by atoms with Gasteiger partial charge in [0.25, 0.3) is 0 Å². The highest BCUT2D eigenvalue weighted by molar-refractivity contribution is 9.10. The fraction of sp³-hybridized carbons (Fsp3) is 0.444. The maximum absolute atomic E-state index is 12.1. The molecule has 0 N–H and O–H groups in total. The average molecular weight is 283 g/mol. The van der Waals surface area contributed by atoms with Gasteiger partial charge >= 0.3 is 6.18 Å². The second-order valence-corrected chi connectivity index (χ2v) is 4.18. The van der Waals surface area contributed by atoms with E-state index in [0.717, 1.165) is 9.37 Å². The Kier molecular flexibility index (Phi) is 3.59. The first-order chi connectivity index (χ1) is 6.79. The summed E-state index contributed by atoms with van der Waals surface area (Å²) in [7, 11) is 1.37. The second-order valence-electron chi connectivity index (χ2n) is 3.27. The Hall–Kier alpha value is -0.780. The molecular formula is C9H10BrF3N2. The maximum Gasteiger partial charge on any atom is 0.405 e. The molecule has 0 saturated heterocycles. The Labute approximate surface area is 94.2 Å². The lowest BCUT2D eigenvalue weighted by Gasteiger charge is -2.21. The minimum atomic E-state index is -4.21. The third-order valence-corrected chi connectivity index (χ3v) is 2.23. The summed E-state index contributed by atoms with van der Waals surface area (Å²) >= 11 is 3.20. The Bertz CT molecular complexity index is 352. The summed E-state index contributed by atoms with van der Waals surface area (Å²) in [5.41, 5.74) is 0.705. The standard InChI is InChI=1S/C9H10BrF3N2/c1-6-3-7(10)4-14-8(6)15(2)5-9(11,12)13/h3-4H,5H2,1-2H3.